The Morgan fingerprint density at radius 3 is 2.62 bits per heavy atom. The summed E-state index contributed by atoms with van der Waals surface area (Å²) in [5.74, 6) is -0.215. The van der Waals surface area contributed by atoms with Crippen LogP contribution in [0.3, 0.4) is 0 Å². The second-order valence-electron chi connectivity index (χ2n) is 3.99. The molecule has 0 saturated carbocycles. The lowest BCUT2D eigenvalue weighted by Crippen LogP contribution is -2.29. The van der Waals surface area contributed by atoms with Gasteiger partial charge in [-0.1, -0.05) is 42.2 Å². The minimum atomic E-state index is -0.848. The van der Waals surface area contributed by atoms with E-state index in [1.54, 1.807) is 0 Å². The average molecular weight is 197 g/mol. The maximum Gasteiger partial charge on any atom is 0.401 e. The monoisotopic (exact) mass is 197 g/mol. The van der Waals surface area contributed by atoms with Crippen molar-refractivity contribution in [2.75, 3.05) is 0 Å². The molecule has 0 amide bonds. The van der Waals surface area contributed by atoms with Gasteiger partial charge in [0.2, 0.25) is 0 Å². The van der Waals surface area contributed by atoms with Crippen molar-refractivity contribution in [1.82, 2.24) is 0 Å². The van der Waals surface area contributed by atoms with Crippen molar-refractivity contribution >= 4 is 14.0 Å². The second-order valence-corrected chi connectivity index (χ2v) is 4.69. The highest BCUT2D eigenvalue weighted by Crippen LogP contribution is 2.39. The van der Waals surface area contributed by atoms with Crippen LogP contribution < -0.4 is 0 Å². The van der Waals surface area contributed by atoms with Gasteiger partial charge < -0.3 is 0 Å². The number of carbonyl (C=O) groups excluding carboxylic acids is 1. The summed E-state index contributed by atoms with van der Waals surface area (Å²) < 4.78 is 10.6. The molecule has 2 nitrogen and oxygen atoms in total. The first-order valence-electron chi connectivity index (χ1n) is 4.27. The third kappa shape index (κ3) is 1.94. The number of rotatable bonds is 2. The zero-order valence-corrected chi connectivity index (χ0v) is 9.13. The third-order valence-corrected chi connectivity index (χ3v) is 2.94. The topological polar surface area (TPSA) is 34.1 Å². The highest BCUT2D eigenvalue weighted by molar-refractivity contribution is 7.46. The molecule has 0 bridgehead atoms. The summed E-state index contributed by atoms with van der Waals surface area (Å²) in [7, 11) is -0.848. The molecule has 0 aromatic carbocycles. The highest BCUT2D eigenvalue weighted by Gasteiger charge is 2.39. The van der Waals surface area contributed by atoms with E-state index in [0.717, 1.165) is 5.57 Å². The first-order chi connectivity index (χ1) is 5.99. The summed E-state index contributed by atoms with van der Waals surface area (Å²) in [5, 5.41) is 0. The van der Waals surface area contributed by atoms with E-state index < -0.39 is 8.46 Å². The Morgan fingerprint density at radius 1 is 1.54 bits per heavy atom. The fraction of sp³-hybridized carbons (Fsp3) is 0.500. The normalized spacial score (nSPS) is 25.8. The van der Waals surface area contributed by atoms with Gasteiger partial charge in [-0.15, -0.1) is 0 Å². The molecule has 2 unspecified atom stereocenters. The van der Waals surface area contributed by atoms with E-state index in [2.05, 4.69) is 0 Å². The molecular weight excluding hydrogens is 183 g/mol. The van der Waals surface area contributed by atoms with Gasteiger partial charge in [-0.25, -0.2) is 4.79 Å². The van der Waals surface area contributed by atoms with Crippen LogP contribution in [0.15, 0.2) is 23.8 Å². The summed E-state index contributed by atoms with van der Waals surface area (Å²) >= 11 is 0. The molecule has 3 heteroatoms. The first-order valence-corrected chi connectivity index (χ1v) is 5.18. The van der Waals surface area contributed by atoms with E-state index in [4.69, 9.17) is 0 Å². The van der Waals surface area contributed by atoms with Crippen molar-refractivity contribution in [3.8, 4) is 0 Å². The standard InChI is InChI=1S/C10H13O2P/c1-7-5-4-6-10(2,3)8(7)9(11)13-12/h4-6,8H,1-3H3/p+1. The van der Waals surface area contributed by atoms with Crippen LogP contribution in [0.2, 0.25) is 0 Å². The van der Waals surface area contributed by atoms with Crippen LogP contribution >= 0.6 is 8.46 Å². The smallest absolute Gasteiger partial charge is 0.240 e. The van der Waals surface area contributed by atoms with E-state index in [0.29, 0.717) is 0 Å². The Balaban J connectivity index is 3.05. The van der Waals surface area contributed by atoms with Crippen molar-refractivity contribution in [2.45, 2.75) is 20.8 Å². The molecule has 1 rings (SSSR count). The lowest BCUT2D eigenvalue weighted by Gasteiger charge is -2.29. The predicted molar refractivity (Wildman–Crippen MR) is 54.2 cm³/mol. The van der Waals surface area contributed by atoms with Gasteiger partial charge in [0.15, 0.2) is 0 Å². The lowest BCUT2D eigenvalue weighted by atomic mass is 9.73. The summed E-state index contributed by atoms with van der Waals surface area (Å²) in [6.45, 7) is 5.89. The molecule has 70 valence electrons. The molecule has 1 aliphatic rings. The molecule has 0 heterocycles. The third-order valence-electron chi connectivity index (χ3n) is 2.45. The largest absolute Gasteiger partial charge is 0.401 e. The van der Waals surface area contributed by atoms with Gasteiger partial charge in [0, 0.05) is 5.41 Å². The van der Waals surface area contributed by atoms with E-state index >= 15 is 0 Å². The van der Waals surface area contributed by atoms with E-state index in [-0.39, 0.29) is 16.9 Å². The van der Waals surface area contributed by atoms with E-state index in [1.165, 1.54) is 0 Å². The molecule has 0 fully saturated rings. The van der Waals surface area contributed by atoms with Crippen LogP contribution in [-0.2, 0) is 9.36 Å². The zero-order valence-electron chi connectivity index (χ0n) is 8.13. The van der Waals surface area contributed by atoms with Crippen molar-refractivity contribution in [3.63, 3.8) is 0 Å². The molecule has 2 atom stereocenters. The van der Waals surface area contributed by atoms with E-state index in [9.17, 15) is 9.36 Å². The van der Waals surface area contributed by atoms with Crippen molar-refractivity contribution in [1.29, 1.82) is 0 Å². The number of allylic oxidation sites excluding steroid dienone is 4. The number of hydrogen-bond donors (Lipinski definition) is 0. The van der Waals surface area contributed by atoms with Crippen molar-refractivity contribution in [3.05, 3.63) is 23.8 Å². The van der Waals surface area contributed by atoms with Crippen LogP contribution in [0.1, 0.15) is 20.8 Å². The summed E-state index contributed by atoms with van der Waals surface area (Å²) in [6.07, 6.45) is 5.85. The van der Waals surface area contributed by atoms with Crippen LogP contribution in [0.4, 0.5) is 0 Å². The fourth-order valence-corrected chi connectivity index (χ4v) is 2.55. The zero-order chi connectivity index (χ0) is 10.1. The molecule has 0 aliphatic heterocycles. The molecular formula is C10H14O2P+. The van der Waals surface area contributed by atoms with Crippen LogP contribution in [0, 0.1) is 11.3 Å². The van der Waals surface area contributed by atoms with Gasteiger partial charge in [-0.2, -0.15) is 0 Å². The number of carbonyl (C=O) groups is 1. The average Bonchev–Trinajstić information content (AvgIpc) is 2.02. The Kier molecular flexibility index (Phi) is 2.82. The number of hydrogen-bond acceptors (Lipinski definition) is 2. The van der Waals surface area contributed by atoms with Crippen molar-refractivity contribution in [2.24, 2.45) is 11.3 Å². The molecule has 0 radical (unpaired) electrons. The Hall–Kier alpha value is -0.750. The molecule has 13 heavy (non-hydrogen) atoms. The Bertz CT molecular complexity index is 300. The maximum atomic E-state index is 11.4. The van der Waals surface area contributed by atoms with E-state index in [1.807, 2.05) is 39.0 Å². The van der Waals surface area contributed by atoms with Gasteiger partial charge in [0.25, 0.3) is 0 Å². The second kappa shape index (κ2) is 3.55. The minimum absolute atomic E-state index is 0.178. The molecule has 0 N–H and O–H groups in total. The van der Waals surface area contributed by atoms with Gasteiger partial charge in [0.05, 0.1) is 5.92 Å². The summed E-state index contributed by atoms with van der Waals surface area (Å²) in [5.41, 5.74) is 0.622. The van der Waals surface area contributed by atoms with Crippen LogP contribution in [0.25, 0.3) is 0 Å². The quantitative estimate of drug-likeness (QED) is 0.638. The maximum absolute atomic E-state index is 11.4. The van der Waals surface area contributed by atoms with Crippen LogP contribution in [0.5, 0.6) is 0 Å². The molecule has 0 aromatic heterocycles. The Morgan fingerprint density at radius 2 is 2.15 bits per heavy atom. The summed E-state index contributed by atoms with van der Waals surface area (Å²) in [6, 6.07) is 0. The van der Waals surface area contributed by atoms with Gasteiger partial charge >= 0.3 is 14.0 Å². The Labute approximate surface area is 79.9 Å². The predicted octanol–water partition coefficient (Wildman–Crippen LogP) is 2.70. The molecule has 1 aliphatic carbocycles. The highest BCUT2D eigenvalue weighted by atomic mass is 31.1. The van der Waals surface area contributed by atoms with Gasteiger partial charge in [0.1, 0.15) is 0 Å². The lowest BCUT2D eigenvalue weighted by molar-refractivity contribution is -0.115. The van der Waals surface area contributed by atoms with Gasteiger partial charge in [-0.3, -0.25) is 0 Å². The van der Waals surface area contributed by atoms with Crippen molar-refractivity contribution < 1.29 is 9.36 Å². The molecule has 0 saturated heterocycles. The fourth-order valence-electron chi connectivity index (χ4n) is 1.83. The van der Waals surface area contributed by atoms with Gasteiger partial charge in [-0.05, 0) is 6.92 Å². The molecule has 0 aromatic rings. The molecule has 0 spiro atoms. The SMILES string of the molecule is CC1=CC=CC(C)(C)C1C(=O)[PH+]=O. The van der Waals surface area contributed by atoms with Crippen LogP contribution in [-0.4, -0.2) is 5.52 Å². The minimum Gasteiger partial charge on any atom is -0.240 e. The summed E-state index contributed by atoms with van der Waals surface area (Å²) in [4.78, 5) is 11.4. The first kappa shape index (κ1) is 10.3.